The van der Waals surface area contributed by atoms with Crippen LogP contribution in [0.15, 0.2) is 24.3 Å². The Bertz CT molecular complexity index is 1890. The summed E-state index contributed by atoms with van der Waals surface area (Å²) in [5.74, 6) is -0.489. The van der Waals surface area contributed by atoms with Gasteiger partial charge in [-0.2, -0.15) is 9.97 Å². The number of phenols is 1. The number of aliphatic hydroxyl groups is 1. The molecule has 48 heavy (non-hydrogen) atoms. The third-order valence-electron chi connectivity index (χ3n) is 10.9. The summed E-state index contributed by atoms with van der Waals surface area (Å²) in [5, 5.41) is 25.6. The molecule has 8 rings (SSSR count). The Hall–Kier alpha value is -3.87. The minimum atomic E-state index is -0.714. The average Bonchev–Trinajstić information content (AvgIpc) is 3.76. The van der Waals surface area contributed by atoms with E-state index in [2.05, 4.69) is 27.0 Å². The van der Waals surface area contributed by atoms with Crippen molar-refractivity contribution in [1.82, 2.24) is 25.2 Å². The molecule has 4 aromatic rings. The zero-order valence-corrected chi connectivity index (χ0v) is 27.4. The van der Waals surface area contributed by atoms with Crippen molar-refractivity contribution in [1.29, 1.82) is 0 Å². The molecule has 10 nitrogen and oxygen atoms in total. The summed E-state index contributed by atoms with van der Waals surface area (Å²) in [4.78, 5) is 18.8. The van der Waals surface area contributed by atoms with Crippen molar-refractivity contribution in [2.45, 2.75) is 70.5 Å². The van der Waals surface area contributed by atoms with Crippen molar-refractivity contribution in [3.8, 4) is 28.9 Å². The van der Waals surface area contributed by atoms with Crippen LogP contribution in [0.25, 0.3) is 32.9 Å². The number of nitrogens with one attached hydrogen (secondary N) is 1. The smallest absolute Gasteiger partial charge is 0.319 e. The first-order chi connectivity index (χ1) is 23.3. The number of hydrogen-bond acceptors (Lipinski definition) is 10. The summed E-state index contributed by atoms with van der Waals surface area (Å²) < 4.78 is 44.9. The quantitative estimate of drug-likeness (QED) is 0.228. The van der Waals surface area contributed by atoms with Gasteiger partial charge in [0.1, 0.15) is 40.6 Å². The Morgan fingerprint density at radius 3 is 2.75 bits per heavy atom. The molecule has 0 bridgehead atoms. The number of halogens is 2. The molecule has 4 aliphatic rings. The minimum absolute atomic E-state index is 0.0120. The van der Waals surface area contributed by atoms with Crippen LogP contribution in [0.1, 0.15) is 51.5 Å². The summed E-state index contributed by atoms with van der Waals surface area (Å²) in [6, 6.07) is 6.31. The number of likely N-dealkylation sites (tertiary alicyclic amines) is 1. The van der Waals surface area contributed by atoms with E-state index in [0.29, 0.717) is 60.3 Å². The summed E-state index contributed by atoms with van der Waals surface area (Å²) in [6.07, 6.45) is 5.35. The Labute approximate surface area is 278 Å². The maximum absolute atomic E-state index is 17.1. The molecule has 5 heterocycles. The van der Waals surface area contributed by atoms with Crippen molar-refractivity contribution in [3.63, 3.8) is 0 Å². The van der Waals surface area contributed by atoms with E-state index in [4.69, 9.17) is 19.4 Å². The SMILES string of the molecule is CCc1c(F)ccc2cc(O)cc(-c3nc4c5c(nc(OCC6(CN7CCC[C@H]7CO)CC6)nc5c3F)N3C[C@@H](CC)NC[C@H]3CO4)c12. The van der Waals surface area contributed by atoms with Gasteiger partial charge >= 0.3 is 6.01 Å². The number of aromatic hydroxyl groups is 1. The molecule has 0 radical (unpaired) electrons. The number of pyridine rings is 1. The normalized spacial score (nSPS) is 23.3. The van der Waals surface area contributed by atoms with E-state index >= 15 is 8.78 Å². The molecule has 3 fully saturated rings. The van der Waals surface area contributed by atoms with Crippen LogP contribution in [0.3, 0.4) is 0 Å². The van der Waals surface area contributed by atoms with Gasteiger partial charge < -0.3 is 29.9 Å². The third-order valence-corrected chi connectivity index (χ3v) is 10.9. The number of nitrogens with zero attached hydrogens (tertiary/aromatic N) is 5. The lowest BCUT2D eigenvalue weighted by Gasteiger charge is -2.39. The number of piperazine rings is 1. The molecule has 0 amide bonds. The van der Waals surface area contributed by atoms with Gasteiger partial charge in [0.25, 0.3) is 0 Å². The number of aliphatic hydroxyl groups excluding tert-OH is 1. The molecule has 3 N–H and O–H groups in total. The molecule has 2 saturated heterocycles. The van der Waals surface area contributed by atoms with Crippen LogP contribution in [0, 0.1) is 17.0 Å². The summed E-state index contributed by atoms with van der Waals surface area (Å²) in [5.41, 5.74) is 0.540. The zero-order chi connectivity index (χ0) is 33.2. The van der Waals surface area contributed by atoms with Gasteiger partial charge in [-0.1, -0.05) is 19.9 Å². The topological polar surface area (TPSA) is 116 Å². The van der Waals surface area contributed by atoms with Gasteiger partial charge in [0, 0.05) is 42.7 Å². The van der Waals surface area contributed by atoms with Gasteiger partial charge in [-0.25, -0.2) is 13.8 Å². The van der Waals surface area contributed by atoms with E-state index in [9.17, 15) is 10.2 Å². The highest BCUT2D eigenvalue weighted by Crippen LogP contribution is 2.48. The predicted molar refractivity (Wildman–Crippen MR) is 179 cm³/mol. The first-order valence-corrected chi connectivity index (χ1v) is 17.3. The fourth-order valence-corrected chi connectivity index (χ4v) is 7.90. The Balaban J connectivity index is 1.26. The number of phenolic OH excluding ortho intramolecular Hbond substituents is 1. The minimum Gasteiger partial charge on any atom is -0.508 e. The third kappa shape index (κ3) is 5.38. The second-order valence-corrected chi connectivity index (χ2v) is 14.0. The van der Waals surface area contributed by atoms with E-state index in [1.807, 2.05) is 6.92 Å². The number of aryl methyl sites for hydroxylation is 1. The van der Waals surface area contributed by atoms with E-state index < -0.39 is 11.6 Å². The van der Waals surface area contributed by atoms with E-state index in [-0.39, 0.29) is 64.6 Å². The zero-order valence-electron chi connectivity index (χ0n) is 27.4. The fraction of sp³-hybridized carbons (Fsp3) is 0.528. The van der Waals surface area contributed by atoms with Crippen molar-refractivity contribution < 1.29 is 28.5 Å². The van der Waals surface area contributed by atoms with E-state index in [1.165, 1.54) is 12.1 Å². The summed E-state index contributed by atoms with van der Waals surface area (Å²) >= 11 is 0. The number of anilines is 1. The second-order valence-electron chi connectivity index (χ2n) is 14.0. The van der Waals surface area contributed by atoms with Crippen LogP contribution in [0.4, 0.5) is 14.6 Å². The second kappa shape index (κ2) is 12.2. The largest absolute Gasteiger partial charge is 0.508 e. The molecule has 0 unspecified atom stereocenters. The molecule has 1 saturated carbocycles. The number of fused-ring (bicyclic) bond motifs is 3. The molecule has 3 atom stereocenters. The maximum atomic E-state index is 17.1. The molecular formula is C36H42F2N6O4. The van der Waals surface area contributed by atoms with Gasteiger partial charge in [0.05, 0.1) is 19.3 Å². The standard InChI is InChI=1S/C36H42F2N6O4/c1-3-21-15-44-23(14-39-21)17-47-34-29-32(30(38)31(40-34)26-13-24(46)12-20-7-8-27(37)25(4-2)28(20)26)41-35(42-33(29)44)48-19-36(9-10-36)18-43-11-5-6-22(43)16-45/h7-8,12-13,21-23,39,45-46H,3-6,9-11,14-19H2,1-2H3/t21-,22+,23+/m1/s1. The number of hydrogen-bond donors (Lipinski definition) is 3. The van der Waals surface area contributed by atoms with Crippen LogP contribution >= 0.6 is 0 Å². The monoisotopic (exact) mass is 660 g/mol. The Morgan fingerprint density at radius 1 is 1.12 bits per heavy atom. The number of aromatic nitrogens is 3. The molecule has 12 heteroatoms. The number of rotatable bonds is 9. The van der Waals surface area contributed by atoms with Crippen molar-refractivity contribution in [3.05, 3.63) is 41.5 Å². The van der Waals surface area contributed by atoms with Gasteiger partial charge in [-0.05, 0) is 79.6 Å². The predicted octanol–water partition coefficient (Wildman–Crippen LogP) is 4.96. The fourth-order valence-electron chi connectivity index (χ4n) is 7.90. The van der Waals surface area contributed by atoms with Gasteiger partial charge in [-0.15, -0.1) is 0 Å². The Morgan fingerprint density at radius 2 is 1.98 bits per heavy atom. The maximum Gasteiger partial charge on any atom is 0.319 e. The van der Waals surface area contributed by atoms with Gasteiger partial charge in [0.15, 0.2) is 5.82 Å². The molecule has 2 aromatic heterocycles. The van der Waals surface area contributed by atoms with Crippen LogP contribution in [0.2, 0.25) is 0 Å². The first kappa shape index (κ1) is 31.4. The van der Waals surface area contributed by atoms with Crippen LogP contribution < -0.4 is 19.7 Å². The lowest BCUT2D eigenvalue weighted by molar-refractivity contribution is 0.113. The molecule has 2 aromatic carbocycles. The van der Waals surface area contributed by atoms with Crippen LogP contribution in [-0.2, 0) is 6.42 Å². The van der Waals surface area contributed by atoms with Gasteiger partial charge in [0.2, 0.25) is 5.88 Å². The highest BCUT2D eigenvalue weighted by molar-refractivity contribution is 6.03. The molecule has 1 aliphatic carbocycles. The van der Waals surface area contributed by atoms with Crippen LogP contribution in [0.5, 0.6) is 17.6 Å². The summed E-state index contributed by atoms with van der Waals surface area (Å²) in [6.45, 7) is 7.90. The highest BCUT2D eigenvalue weighted by atomic mass is 19.1. The molecular weight excluding hydrogens is 618 g/mol. The van der Waals surface area contributed by atoms with Crippen molar-refractivity contribution >= 4 is 27.5 Å². The summed E-state index contributed by atoms with van der Waals surface area (Å²) in [7, 11) is 0. The van der Waals surface area contributed by atoms with Crippen molar-refractivity contribution in [2.75, 3.05) is 50.9 Å². The molecule has 3 aliphatic heterocycles. The Kier molecular flexibility index (Phi) is 8.00. The highest BCUT2D eigenvalue weighted by Gasteiger charge is 2.47. The number of benzene rings is 2. The van der Waals surface area contributed by atoms with Gasteiger partial charge in [-0.3, -0.25) is 4.90 Å². The van der Waals surface area contributed by atoms with Crippen LogP contribution in [-0.4, -0.2) is 94.2 Å². The van der Waals surface area contributed by atoms with E-state index in [1.54, 1.807) is 12.1 Å². The number of ether oxygens (including phenoxy) is 2. The average molecular weight is 661 g/mol. The first-order valence-electron chi connectivity index (χ1n) is 17.3. The lowest BCUT2D eigenvalue weighted by atomic mass is 9.94. The molecule has 0 spiro atoms. The van der Waals surface area contributed by atoms with Crippen molar-refractivity contribution in [2.24, 2.45) is 5.41 Å². The lowest BCUT2D eigenvalue weighted by Crippen LogP contribution is -2.58. The van der Waals surface area contributed by atoms with E-state index in [0.717, 1.165) is 45.2 Å². The molecule has 254 valence electrons.